The molecule has 3 amide bonds. The van der Waals surface area contributed by atoms with Gasteiger partial charge < -0.3 is 15.5 Å². The van der Waals surface area contributed by atoms with Crippen molar-refractivity contribution in [3.8, 4) is 0 Å². The van der Waals surface area contributed by atoms with E-state index in [2.05, 4.69) is 10.3 Å². The molecule has 0 radical (unpaired) electrons. The number of amides is 3. The Labute approximate surface area is 191 Å². The van der Waals surface area contributed by atoms with E-state index in [1.165, 1.54) is 11.9 Å². The van der Waals surface area contributed by atoms with Gasteiger partial charge in [-0.3, -0.25) is 4.79 Å². The number of likely N-dealkylation sites (N-methyl/N-ethyl adjacent to an activating group) is 1. The minimum atomic E-state index is -4.72. The van der Waals surface area contributed by atoms with Crippen molar-refractivity contribution >= 4 is 29.0 Å². The summed E-state index contributed by atoms with van der Waals surface area (Å²) in [5.74, 6) is -1.65. The molecule has 34 heavy (non-hydrogen) atoms. The predicted molar refractivity (Wildman–Crippen MR) is 119 cm³/mol. The minimum absolute atomic E-state index is 0.435. The number of para-hydroxylation sites is 1. The lowest BCUT2D eigenvalue weighted by Gasteiger charge is -2.21. The number of carbonyl (C=O) groups excluding carboxylic acids is 2. The summed E-state index contributed by atoms with van der Waals surface area (Å²) in [6, 6.07) is 16.6. The van der Waals surface area contributed by atoms with Gasteiger partial charge in [0, 0.05) is 18.2 Å². The molecule has 0 saturated heterocycles. The van der Waals surface area contributed by atoms with E-state index in [4.69, 9.17) is 0 Å². The van der Waals surface area contributed by atoms with E-state index < -0.39 is 41.3 Å². The Bertz CT molecular complexity index is 1280. The summed E-state index contributed by atoms with van der Waals surface area (Å²) in [4.78, 5) is 31.4. The number of urea groups is 1. The second-order valence-electron chi connectivity index (χ2n) is 7.45. The minimum Gasteiger partial charge on any atom is -0.311 e. The van der Waals surface area contributed by atoms with Crippen LogP contribution in [0.5, 0.6) is 0 Å². The number of nitrogens with zero attached hydrogens (tertiary/aromatic N) is 2. The first kappa shape index (κ1) is 23.0. The molecule has 0 aliphatic carbocycles. The Morgan fingerprint density at radius 1 is 1.00 bits per heavy atom. The zero-order chi connectivity index (χ0) is 24.5. The summed E-state index contributed by atoms with van der Waals surface area (Å²) in [7, 11) is 1.52. The molecule has 2 N–H and O–H groups in total. The molecule has 0 bridgehead atoms. The fraction of sp³-hybridized carbons (Fsp3) is 0.125. The molecule has 3 aromatic carbocycles. The molecule has 1 aliphatic rings. The standard InChI is InChI=1S/C24H18F4N4O2/c1-32-19-10-6-5-9-16(19)20(14-7-3-2-4-8-14)30-21(22(32)33)31-23(34)29-18-13-15(24(26,27)28)11-12-17(18)25/h2-13,21H,1H3,(H2,29,31,34)/t21-/m1/s1. The number of anilines is 2. The molecule has 10 heteroatoms. The summed E-state index contributed by atoms with van der Waals surface area (Å²) >= 11 is 0. The highest BCUT2D eigenvalue weighted by Gasteiger charge is 2.33. The highest BCUT2D eigenvalue weighted by atomic mass is 19.4. The second-order valence-corrected chi connectivity index (χ2v) is 7.45. The number of carbonyl (C=O) groups is 2. The van der Waals surface area contributed by atoms with E-state index in [9.17, 15) is 27.2 Å². The van der Waals surface area contributed by atoms with Crippen LogP contribution in [0.4, 0.5) is 33.7 Å². The lowest BCUT2D eigenvalue weighted by Crippen LogP contribution is -2.47. The van der Waals surface area contributed by atoms with Crippen molar-refractivity contribution in [1.29, 1.82) is 0 Å². The van der Waals surface area contributed by atoms with Crippen molar-refractivity contribution < 1.29 is 27.2 Å². The number of aliphatic imine (C=N–C) groups is 1. The Hall–Kier alpha value is -4.21. The Balaban J connectivity index is 1.67. The Morgan fingerprint density at radius 2 is 1.68 bits per heavy atom. The molecular weight excluding hydrogens is 452 g/mol. The van der Waals surface area contributed by atoms with Gasteiger partial charge in [0.2, 0.25) is 6.17 Å². The quantitative estimate of drug-likeness (QED) is 0.540. The summed E-state index contributed by atoms with van der Waals surface area (Å²) in [6.45, 7) is 0. The summed E-state index contributed by atoms with van der Waals surface area (Å²) in [5, 5.41) is 4.37. The van der Waals surface area contributed by atoms with Crippen molar-refractivity contribution in [2.45, 2.75) is 12.3 Å². The number of alkyl halides is 3. The number of fused-ring (bicyclic) bond motifs is 1. The maximum absolute atomic E-state index is 14.1. The van der Waals surface area contributed by atoms with E-state index >= 15 is 0 Å². The van der Waals surface area contributed by atoms with Crippen molar-refractivity contribution in [1.82, 2.24) is 5.32 Å². The van der Waals surface area contributed by atoms with Gasteiger partial charge in [-0.25, -0.2) is 14.2 Å². The maximum atomic E-state index is 14.1. The largest absolute Gasteiger partial charge is 0.416 e. The molecule has 0 saturated carbocycles. The number of benzene rings is 3. The van der Waals surface area contributed by atoms with Crippen molar-refractivity contribution in [3.05, 3.63) is 95.3 Å². The number of rotatable bonds is 3. The van der Waals surface area contributed by atoms with Crippen LogP contribution in [0.3, 0.4) is 0 Å². The van der Waals surface area contributed by atoms with E-state index in [1.54, 1.807) is 48.5 Å². The molecular formula is C24H18F4N4O2. The first-order chi connectivity index (χ1) is 16.1. The topological polar surface area (TPSA) is 73.8 Å². The highest BCUT2D eigenvalue weighted by Crippen LogP contribution is 2.32. The average Bonchev–Trinajstić information content (AvgIpc) is 2.91. The van der Waals surface area contributed by atoms with Crippen LogP contribution in [-0.4, -0.2) is 30.9 Å². The Kier molecular flexibility index (Phi) is 6.06. The lowest BCUT2D eigenvalue weighted by atomic mass is 10.0. The molecule has 0 unspecified atom stereocenters. The van der Waals surface area contributed by atoms with Crippen LogP contribution in [0.1, 0.15) is 16.7 Å². The van der Waals surface area contributed by atoms with Gasteiger partial charge in [0.25, 0.3) is 5.91 Å². The smallest absolute Gasteiger partial charge is 0.311 e. The third-order valence-corrected chi connectivity index (χ3v) is 5.20. The van der Waals surface area contributed by atoms with Gasteiger partial charge in [-0.05, 0) is 24.3 Å². The van der Waals surface area contributed by atoms with Crippen molar-refractivity contribution in [2.24, 2.45) is 4.99 Å². The predicted octanol–water partition coefficient (Wildman–Crippen LogP) is 4.81. The van der Waals surface area contributed by atoms with E-state index in [0.717, 1.165) is 0 Å². The van der Waals surface area contributed by atoms with Crippen LogP contribution >= 0.6 is 0 Å². The third kappa shape index (κ3) is 4.61. The monoisotopic (exact) mass is 470 g/mol. The second kappa shape index (κ2) is 8.97. The average molecular weight is 470 g/mol. The lowest BCUT2D eigenvalue weighted by molar-refractivity contribution is -0.137. The van der Waals surface area contributed by atoms with Crippen LogP contribution in [0.2, 0.25) is 0 Å². The van der Waals surface area contributed by atoms with Gasteiger partial charge in [0.1, 0.15) is 5.82 Å². The molecule has 4 rings (SSSR count). The maximum Gasteiger partial charge on any atom is 0.416 e. The van der Waals surface area contributed by atoms with Gasteiger partial charge in [-0.2, -0.15) is 13.2 Å². The number of halogens is 4. The SMILES string of the molecule is CN1C(=O)[C@@H](NC(=O)Nc2cc(C(F)(F)F)ccc2F)N=C(c2ccccc2)c2ccccc21. The molecule has 3 aromatic rings. The van der Waals surface area contributed by atoms with Crippen LogP contribution in [0.15, 0.2) is 77.8 Å². The third-order valence-electron chi connectivity index (χ3n) is 5.20. The van der Waals surface area contributed by atoms with Crippen molar-refractivity contribution in [3.63, 3.8) is 0 Å². The number of benzodiazepines with no additional fused rings is 1. The van der Waals surface area contributed by atoms with E-state index in [1.807, 2.05) is 11.4 Å². The molecule has 1 aliphatic heterocycles. The molecule has 0 spiro atoms. The van der Waals surface area contributed by atoms with Gasteiger partial charge >= 0.3 is 12.2 Å². The van der Waals surface area contributed by atoms with E-state index in [-0.39, 0.29) is 0 Å². The molecule has 1 atom stereocenters. The first-order valence-electron chi connectivity index (χ1n) is 10.1. The molecule has 0 aromatic heterocycles. The first-order valence-corrected chi connectivity index (χ1v) is 10.1. The number of hydrogen-bond acceptors (Lipinski definition) is 3. The fourth-order valence-electron chi connectivity index (χ4n) is 3.52. The zero-order valence-corrected chi connectivity index (χ0v) is 17.7. The molecule has 1 heterocycles. The van der Waals surface area contributed by atoms with E-state index in [0.29, 0.717) is 40.7 Å². The normalized spacial score (nSPS) is 15.8. The van der Waals surface area contributed by atoms with Gasteiger partial charge in [-0.15, -0.1) is 0 Å². The number of hydrogen-bond donors (Lipinski definition) is 2. The van der Waals surface area contributed by atoms with Crippen LogP contribution in [-0.2, 0) is 11.0 Å². The van der Waals surface area contributed by atoms with Crippen LogP contribution < -0.4 is 15.5 Å². The molecule has 6 nitrogen and oxygen atoms in total. The zero-order valence-electron chi connectivity index (χ0n) is 17.7. The summed E-state index contributed by atoms with van der Waals surface area (Å²) in [6.07, 6.45) is -6.14. The Morgan fingerprint density at radius 3 is 2.38 bits per heavy atom. The summed E-state index contributed by atoms with van der Waals surface area (Å²) < 4.78 is 52.9. The fourth-order valence-corrected chi connectivity index (χ4v) is 3.52. The van der Waals surface area contributed by atoms with Crippen LogP contribution in [0.25, 0.3) is 0 Å². The summed E-state index contributed by atoms with van der Waals surface area (Å²) in [5.41, 5.74) is 0.521. The van der Waals surface area contributed by atoms with Gasteiger partial charge in [0.15, 0.2) is 0 Å². The van der Waals surface area contributed by atoms with Gasteiger partial charge in [0.05, 0.1) is 22.6 Å². The highest BCUT2D eigenvalue weighted by molar-refractivity contribution is 6.20. The molecule has 174 valence electrons. The van der Waals surface area contributed by atoms with Crippen molar-refractivity contribution in [2.75, 3.05) is 17.3 Å². The van der Waals surface area contributed by atoms with Gasteiger partial charge in [-0.1, -0.05) is 48.5 Å². The molecule has 0 fully saturated rings. The van der Waals surface area contributed by atoms with Crippen LogP contribution in [0, 0.1) is 5.82 Å². The number of nitrogens with one attached hydrogen (secondary N) is 2.